The van der Waals surface area contributed by atoms with Crippen molar-refractivity contribution in [1.82, 2.24) is 9.97 Å². The molecule has 0 radical (unpaired) electrons. The lowest BCUT2D eigenvalue weighted by atomic mass is 10.1. The highest BCUT2D eigenvalue weighted by atomic mass is 14.9. The Bertz CT molecular complexity index is 214. The van der Waals surface area contributed by atoms with Crippen molar-refractivity contribution in [2.24, 2.45) is 5.92 Å². The molecule has 11 heavy (non-hydrogen) atoms. The van der Waals surface area contributed by atoms with Crippen molar-refractivity contribution in [3.63, 3.8) is 0 Å². The standard InChI is InChI=1S/C9H14N2/c1-7(2)4-9-10-5-8(3)6-11-9/h5-7H,4H2,1-3H3. The molecule has 0 unspecified atom stereocenters. The second kappa shape index (κ2) is 3.46. The van der Waals surface area contributed by atoms with Gasteiger partial charge in [0.2, 0.25) is 0 Å². The van der Waals surface area contributed by atoms with E-state index in [1.165, 1.54) is 0 Å². The second-order valence-electron chi connectivity index (χ2n) is 3.27. The molecule has 60 valence electrons. The number of hydrogen-bond donors (Lipinski definition) is 0. The predicted molar refractivity (Wildman–Crippen MR) is 45.3 cm³/mol. The summed E-state index contributed by atoms with van der Waals surface area (Å²) in [6.45, 7) is 6.34. The third-order valence-corrected chi connectivity index (χ3v) is 1.43. The van der Waals surface area contributed by atoms with Gasteiger partial charge in [-0.3, -0.25) is 0 Å². The van der Waals surface area contributed by atoms with Gasteiger partial charge in [0.15, 0.2) is 0 Å². The van der Waals surface area contributed by atoms with E-state index in [1.807, 2.05) is 19.3 Å². The molecule has 0 aliphatic carbocycles. The van der Waals surface area contributed by atoms with E-state index in [2.05, 4.69) is 23.8 Å². The Balaban J connectivity index is 2.66. The van der Waals surface area contributed by atoms with Crippen LogP contribution in [0, 0.1) is 12.8 Å². The Morgan fingerprint density at radius 2 is 1.82 bits per heavy atom. The van der Waals surface area contributed by atoms with E-state index < -0.39 is 0 Å². The van der Waals surface area contributed by atoms with Crippen molar-refractivity contribution in [3.8, 4) is 0 Å². The molecule has 0 saturated heterocycles. The van der Waals surface area contributed by atoms with Crippen LogP contribution in [0.4, 0.5) is 0 Å². The fraction of sp³-hybridized carbons (Fsp3) is 0.556. The van der Waals surface area contributed by atoms with Crippen LogP contribution in [-0.2, 0) is 6.42 Å². The highest BCUT2D eigenvalue weighted by Gasteiger charge is 1.98. The van der Waals surface area contributed by atoms with Crippen molar-refractivity contribution in [1.29, 1.82) is 0 Å². The van der Waals surface area contributed by atoms with Crippen molar-refractivity contribution in [2.45, 2.75) is 27.2 Å². The molecule has 0 N–H and O–H groups in total. The van der Waals surface area contributed by atoms with Crippen LogP contribution >= 0.6 is 0 Å². The largest absolute Gasteiger partial charge is 0.241 e. The van der Waals surface area contributed by atoms with Crippen LogP contribution in [0.2, 0.25) is 0 Å². The zero-order valence-electron chi connectivity index (χ0n) is 7.33. The van der Waals surface area contributed by atoms with Gasteiger partial charge in [-0.1, -0.05) is 13.8 Å². The lowest BCUT2D eigenvalue weighted by Crippen LogP contribution is -1.99. The fourth-order valence-electron chi connectivity index (χ4n) is 0.890. The normalized spacial score (nSPS) is 10.5. The number of aromatic nitrogens is 2. The van der Waals surface area contributed by atoms with Crippen LogP contribution in [0.1, 0.15) is 25.2 Å². The summed E-state index contributed by atoms with van der Waals surface area (Å²) in [6, 6.07) is 0. The van der Waals surface area contributed by atoms with E-state index in [4.69, 9.17) is 0 Å². The number of aryl methyl sites for hydroxylation is 1. The van der Waals surface area contributed by atoms with E-state index in [0.29, 0.717) is 5.92 Å². The minimum Gasteiger partial charge on any atom is -0.241 e. The smallest absolute Gasteiger partial charge is 0.128 e. The molecule has 0 saturated carbocycles. The molecular formula is C9H14N2. The molecule has 0 spiro atoms. The third-order valence-electron chi connectivity index (χ3n) is 1.43. The molecule has 0 fully saturated rings. The lowest BCUT2D eigenvalue weighted by Gasteiger charge is -2.01. The number of hydrogen-bond acceptors (Lipinski definition) is 2. The maximum atomic E-state index is 4.21. The first-order valence-corrected chi connectivity index (χ1v) is 3.96. The first-order valence-electron chi connectivity index (χ1n) is 3.96. The highest BCUT2D eigenvalue weighted by molar-refractivity contribution is 5.01. The molecule has 0 atom stereocenters. The van der Waals surface area contributed by atoms with Gasteiger partial charge >= 0.3 is 0 Å². The SMILES string of the molecule is Cc1cnc(CC(C)C)nc1. The van der Waals surface area contributed by atoms with Gasteiger partial charge in [0, 0.05) is 18.8 Å². The molecule has 0 aliphatic rings. The van der Waals surface area contributed by atoms with Crippen LogP contribution in [0.25, 0.3) is 0 Å². The van der Waals surface area contributed by atoms with Crippen LogP contribution in [0.3, 0.4) is 0 Å². The maximum Gasteiger partial charge on any atom is 0.128 e. The third kappa shape index (κ3) is 2.66. The van der Waals surface area contributed by atoms with Crippen LogP contribution in [0.5, 0.6) is 0 Å². The van der Waals surface area contributed by atoms with Gasteiger partial charge in [-0.25, -0.2) is 9.97 Å². The zero-order valence-corrected chi connectivity index (χ0v) is 7.33. The molecule has 0 amide bonds. The molecule has 1 aromatic rings. The van der Waals surface area contributed by atoms with E-state index >= 15 is 0 Å². The summed E-state index contributed by atoms with van der Waals surface area (Å²) in [5.74, 6) is 1.59. The molecule has 1 aromatic heterocycles. The fourth-order valence-corrected chi connectivity index (χ4v) is 0.890. The van der Waals surface area contributed by atoms with Gasteiger partial charge in [-0.05, 0) is 18.4 Å². The van der Waals surface area contributed by atoms with E-state index in [0.717, 1.165) is 17.8 Å². The Kier molecular flexibility index (Phi) is 2.58. The summed E-state index contributed by atoms with van der Waals surface area (Å²) in [5, 5.41) is 0. The molecule has 2 nitrogen and oxygen atoms in total. The molecule has 0 aliphatic heterocycles. The van der Waals surface area contributed by atoms with Crippen molar-refractivity contribution >= 4 is 0 Å². The predicted octanol–water partition coefficient (Wildman–Crippen LogP) is 1.98. The molecular weight excluding hydrogens is 136 g/mol. The average molecular weight is 150 g/mol. The molecule has 0 bridgehead atoms. The quantitative estimate of drug-likeness (QED) is 0.644. The van der Waals surface area contributed by atoms with Crippen molar-refractivity contribution in [2.75, 3.05) is 0 Å². The molecule has 1 rings (SSSR count). The van der Waals surface area contributed by atoms with Gasteiger partial charge in [0.05, 0.1) is 0 Å². The minimum absolute atomic E-state index is 0.637. The Hall–Kier alpha value is -0.920. The van der Waals surface area contributed by atoms with E-state index in [1.54, 1.807) is 0 Å². The monoisotopic (exact) mass is 150 g/mol. The molecule has 0 aromatic carbocycles. The van der Waals surface area contributed by atoms with Gasteiger partial charge < -0.3 is 0 Å². The van der Waals surface area contributed by atoms with Crippen molar-refractivity contribution in [3.05, 3.63) is 23.8 Å². The number of rotatable bonds is 2. The van der Waals surface area contributed by atoms with Gasteiger partial charge in [-0.2, -0.15) is 0 Å². The Morgan fingerprint density at radius 3 is 2.27 bits per heavy atom. The van der Waals surface area contributed by atoms with Crippen LogP contribution in [0.15, 0.2) is 12.4 Å². The topological polar surface area (TPSA) is 25.8 Å². The number of nitrogens with zero attached hydrogens (tertiary/aromatic N) is 2. The Morgan fingerprint density at radius 1 is 1.27 bits per heavy atom. The lowest BCUT2D eigenvalue weighted by molar-refractivity contribution is 0.620. The summed E-state index contributed by atoms with van der Waals surface area (Å²) in [7, 11) is 0. The zero-order chi connectivity index (χ0) is 8.27. The molecule has 2 heteroatoms. The van der Waals surface area contributed by atoms with Gasteiger partial charge in [0.25, 0.3) is 0 Å². The van der Waals surface area contributed by atoms with Crippen LogP contribution in [-0.4, -0.2) is 9.97 Å². The summed E-state index contributed by atoms with van der Waals surface area (Å²) < 4.78 is 0. The molecule has 1 heterocycles. The first kappa shape index (κ1) is 8.18. The van der Waals surface area contributed by atoms with Gasteiger partial charge in [0.1, 0.15) is 5.82 Å². The average Bonchev–Trinajstić information content (AvgIpc) is 1.93. The van der Waals surface area contributed by atoms with Crippen molar-refractivity contribution < 1.29 is 0 Å². The van der Waals surface area contributed by atoms with Crippen LogP contribution < -0.4 is 0 Å². The highest BCUT2D eigenvalue weighted by Crippen LogP contribution is 2.01. The summed E-state index contributed by atoms with van der Waals surface area (Å²) in [5.41, 5.74) is 1.12. The first-order chi connectivity index (χ1) is 5.18. The summed E-state index contributed by atoms with van der Waals surface area (Å²) in [4.78, 5) is 8.41. The minimum atomic E-state index is 0.637. The summed E-state index contributed by atoms with van der Waals surface area (Å²) >= 11 is 0. The maximum absolute atomic E-state index is 4.21. The van der Waals surface area contributed by atoms with Gasteiger partial charge in [-0.15, -0.1) is 0 Å². The van der Waals surface area contributed by atoms with E-state index in [-0.39, 0.29) is 0 Å². The summed E-state index contributed by atoms with van der Waals surface area (Å²) in [6.07, 6.45) is 4.70. The Labute approximate surface area is 67.7 Å². The van der Waals surface area contributed by atoms with E-state index in [9.17, 15) is 0 Å². The second-order valence-corrected chi connectivity index (χ2v) is 3.27.